The number of amides is 1. The lowest BCUT2D eigenvalue weighted by Crippen LogP contribution is -2.27. The van der Waals surface area contributed by atoms with E-state index < -0.39 is 0 Å². The maximum atomic E-state index is 11.8. The van der Waals surface area contributed by atoms with Crippen molar-refractivity contribution in [2.45, 2.75) is 13.8 Å². The summed E-state index contributed by atoms with van der Waals surface area (Å²) in [5.41, 5.74) is 2.48. The Hall–Kier alpha value is -2.21. The van der Waals surface area contributed by atoms with Gasteiger partial charge in [0.05, 0.1) is 23.6 Å². The van der Waals surface area contributed by atoms with Crippen LogP contribution in [0.2, 0.25) is 0 Å². The van der Waals surface area contributed by atoms with Crippen LogP contribution in [0, 0.1) is 13.8 Å². The number of rotatable bonds is 4. The van der Waals surface area contributed by atoms with Gasteiger partial charge in [-0.2, -0.15) is 0 Å². The highest BCUT2D eigenvalue weighted by molar-refractivity contribution is 5.92. The van der Waals surface area contributed by atoms with E-state index in [1.165, 1.54) is 0 Å². The molecule has 0 bridgehead atoms. The number of nitrogens with zero attached hydrogens (tertiary/aromatic N) is 2. The van der Waals surface area contributed by atoms with Crippen LogP contribution in [-0.4, -0.2) is 34.3 Å². The number of aryl methyl sites for hydroxylation is 2. The van der Waals surface area contributed by atoms with Crippen LogP contribution in [0.5, 0.6) is 0 Å². The molecule has 0 saturated heterocycles. The maximum absolute atomic E-state index is 11.8. The molecule has 0 spiro atoms. The average Bonchev–Trinajstić information content (AvgIpc) is 2.75. The van der Waals surface area contributed by atoms with E-state index in [0.717, 1.165) is 11.3 Å². The number of carbonyl (C=O) groups excluding carboxylic acids is 1. The molecule has 2 heterocycles. The normalized spacial score (nSPS) is 10.5. The second-order valence-electron chi connectivity index (χ2n) is 4.09. The van der Waals surface area contributed by atoms with Gasteiger partial charge in [0.25, 0.3) is 5.91 Å². The lowest BCUT2D eigenvalue weighted by atomic mass is 10.1. The molecule has 0 atom stereocenters. The topological polar surface area (TPSA) is 88.2 Å². The van der Waals surface area contributed by atoms with Crippen LogP contribution in [0.15, 0.2) is 22.7 Å². The molecule has 0 aromatic carbocycles. The van der Waals surface area contributed by atoms with Crippen molar-refractivity contribution in [3.8, 4) is 11.3 Å². The van der Waals surface area contributed by atoms with Gasteiger partial charge in [0.15, 0.2) is 0 Å². The molecule has 100 valence electrons. The largest absolute Gasteiger partial charge is 0.395 e. The van der Waals surface area contributed by atoms with Crippen LogP contribution in [0.1, 0.15) is 21.9 Å². The molecule has 0 unspecified atom stereocenters. The Morgan fingerprint density at radius 3 is 2.84 bits per heavy atom. The van der Waals surface area contributed by atoms with E-state index in [2.05, 4.69) is 15.5 Å². The molecule has 0 aliphatic carbocycles. The molecule has 1 amide bonds. The summed E-state index contributed by atoms with van der Waals surface area (Å²) in [4.78, 5) is 16.1. The zero-order chi connectivity index (χ0) is 13.8. The van der Waals surface area contributed by atoms with Gasteiger partial charge in [-0.15, -0.1) is 0 Å². The second-order valence-corrected chi connectivity index (χ2v) is 4.09. The fourth-order valence-corrected chi connectivity index (χ4v) is 1.81. The van der Waals surface area contributed by atoms with Crippen molar-refractivity contribution in [3.05, 3.63) is 35.3 Å². The summed E-state index contributed by atoms with van der Waals surface area (Å²) >= 11 is 0. The molecule has 2 aromatic rings. The van der Waals surface area contributed by atoms with E-state index >= 15 is 0 Å². The van der Waals surface area contributed by atoms with Crippen molar-refractivity contribution in [1.82, 2.24) is 15.5 Å². The summed E-state index contributed by atoms with van der Waals surface area (Å²) in [5.74, 6) is 0.348. The smallest absolute Gasteiger partial charge is 0.269 e. The fraction of sp³-hybridized carbons (Fsp3) is 0.308. The quantitative estimate of drug-likeness (QED) is 0.859. The molecule has 0 aliphatic rings. The van der Waals surface area contributed by atoms with Crippen LogP contribution in [0.4, 0.5) is 0 Å². The minimum absolute atomic E-state index is 0.102. The molecule has 6 heteroatoms. The Bertz CT molecular complexity index is 573. The van der Waals surface area contributed by atoms with Gasteiger partial charge in [0, 0.05) is 6.54 Å². The molecule has 0 fully saturated rings. The number of nitrogens with one attached hydrogen (secondary N) is 1. The second kappa shape index (κ2) is 5.62. The number of hydrogen-bond acceptors (Lipinski definition) is 5. The first-order valence-electron chi connectivity index (χ1n) is 5.93. The first-order valence-corrected chi connectivity index (χ1v) is 5.93. The summed E-state index contributed by atoms with van der Waals surface area (Å²) in [7, 11) is 0. The minimum Gasteiger partial charge on any atom is -0.395 e. The first-order chi connectivity index (χ1) is 9.13. The van der Waals surface area contributed by atoms with E-state index in [-0.39, 0.29) is 19.1 Å². The SMILES string of the molecule is Cc1noc(C)c1-c1cccc(C(=O)NCCO)n1. The molecule has 0 aliphatic heterocycles. The number of hydrogen-bond donors (Lipinski definition) is 2. The van der Waals surface area contributed by atoms with Gasteiger partial charge in [-0.25, -0.2) is 4.98 Å². The van der Waals surface area contributed by atoms with Crippen molar-refractivity contribution >= 4 is 5.91 Å². The van der Waals surface area contributed by atoms with Crippen molar-refractivity contribution < 1.29 is 14.4 Å². The monoisotopic (exact) mass is 261 g/mol. The summed E-state index contributed by atoms with van der Waals surface area (Å²) in [5, 5.41) is 15.1. The standard InChI is InChI=1S/C13H15N3O3/c1-8-12(9(2)19-16-8)10-4-3-5-11(15-10)13(18)14-6-7-17/h3-5,17H,6-7H2,1-2H3,(H,14,18). The molecule has 19 heavy (non-hydrogen) atoms. The third kappa shape index (κ3) is 2.79. The van der Waals surface area contributed by atoms with E-state index in [1.807, 2.05) is 6.92 Å². The molecule has 0 radical (unpaired) electrons. The minimum atomic E-state index is -0.317. The predicted molar refractivity (Wildman–Crippen MR) is 68.6 cm³/mol. The molecule has 2 aromatic heterocycles. The molecular weight excluding hydrogens is 246 g/mol. The van der Waals surface area contributed by atoms with Crippen molar-refractivity contribution in [1.29, 1.82) is 0 Å². The van der Waals surface area contributed by atoms with Gasteiger partial charge in [0.1, 0.15) is 11.5 Å². The van der Waals surface area contributed by atoms with Crippen molar-refractivity contribution in [2.24, 2.45) is 0 Å². The van der Waals surface area contributed by atoms with Crippen LogP contribution in [-0.2, 0) is 0 Å². The molecular formula is C13H15N3O3. The highest BCUT2D eigenvalue weighted by atomic mass is 16.5. The third-order valence-electron chi connectivity index (χ3n) is 2.67. The number of pyridine rings is 1. The zero-order valence-corrected chi connectivity index (χ0v) is 10.8. The molecule has 2 N–H and O–H groups in total. The summed E-state index contributed by atoms with van der Waals surface area (Å²) in [6.45, 7) is 3.73. The lowest BCUT2D eigenvalue weighted by Gasteiger charge is -2.05. The summed E-state index contributed by atoms with van der Waals surface area (Å²) < 4.78 is 5.09. The van der Waals surface area contributed by atoms with Crippen molar-refractivity contribution in [3.63, 3.8) is 0 Å². The number of aliphatic hydroxyl groups is 1. The zero-order valence-electron chi connectivity index (χ0n) is 10.8. The van der Waals surface area contributed by atoms with Crippen LogP contribution in [0.3, 0.4) is 0 Å². The Kier molecular flexibility index (Phi) is 3.91. The van der Waals surface area contributed by atoms with Gasteiger partial charge in [-0.1, -0.05) is 11.2 Å². The number of aromatic nitrogens is 2. The summed E-state index contributed by atoms with van der Waals surface area (Å²) in [6, 6.07) is 5.17. The van der Waals surface area contributed by atoms with Crippen LogP contribution >= 0.6 is 0 Å². The lowest BCUT2D eigenvalue weighted by molar-refractivity contribution is 0.0940. The Balaban J connectivity index is 2.32. The molecule has 0 saturated carbocycles. The van der Waals surface area contributed by atoms with Crippen LogP contribution < -0.4 is 5.32 Å². The van der Waals surface area contributed by atoms with E-state index in [0.29, 0.717) is 17.1 Å². The van der Waals surface area contributed by atoms with Gasteiger partial charge < -0.3 is 14.9 Å². The van der Waals surface area contributed by atoms with Gasteiger partial charge >= 0.3 is 0 Å². The maximum Gasteiger partial charge on any atom is 0.269 e. The van der Waals surface area contributed by atoms with Gasteiger partial charge in [-0.05, 0) is 26.0 Å². The summed E-state index contributed by atoms with van der Waals surface area (Å²) in [6.07, 6.45) is 0. The van der Waals surface area contributed by atoms with E-state index in [1.54, 1.807) is 25.1 Å². The fourth-order valence-electron chi connectivity index (χ4n) is 1.81. The highest BCUT2D eigenvalue weighted by Crippen LogP contribution is 2.24. The van der Waals surface area contributed by atoms with Gasteiger partial charge in [0.2, 0.25) is 0 Å². The molecule has 6 nitrogen and oxygen atoms in total. The average molecular weight is 261 g/mol. The van der Waals surface area contributed by atoms with Gasteiger partial charge in [-0.3, -0.25) is 4.79 Å². The predicted octanol–water partition coefficient (Wildman–Crippen LogP) is 1.08. The first kappa shape index (κ1) is 13.2. The number of aliphatic hydroxyl groups excluding tert-OH is 1. The third-order valence-corrected chi connectivity index (χ3v) is 2.67. The van der Waals surface area contributed by atoms with E-state index in [4.69, 9.17) is 9.63 Å². The van der Waals surface area contributed by atoms with Crippen LogP contribution in [0.25, 0.3) is 11.3 Å². The Morgan fingerprint density at radius 2 is 2.21 bits per heavy atom. The Labute approximate surface area is 110 Å². The molecule has 2 rings (SSSR count). The number of carbonyl (C=O) groups is 1. The Morgan fingerprint density at radius 1 is 1.42 bits per heavy atom. The van der Waals surface area contributed by atoms with Crippen molar-refractivity contribution in [2.75, 3.05) is 13.2 Å². The van der Waals surface area contributed by atoms with E-state index in [9.17, 15) is 4.79 Å². The highest BCUT2D eigenvalue weighted by Gasteiger charge is 2.14.